The topological polar surface area (TPSA) is 132 Å². The highest BCUT2D eigenvalue weighted by atomic mass is 16.6. The second kappa shape index (κ2) is 8.23. The highest BCUT2D eigenvalue weighted by Crippen LogP contribution is 2.07. The van der Waals surface area contributed by atoms with Crippen molar-refractivity contribution in [1.29, 1.82) is 0 Å². The maximum absolute atomic E-state index is 11.6. The number of alkyl carbamates (subject to hydrolysis) is 1. The molecule has 0 rings (SSSR count). The van der Waals surface area contributed by atoms with E-state index in [1.165, 1.54) is 0 Å². The fourth-order valence-electron chi connectivity index (χ4n) is 1.34. The summed E-state index contributed by atoms with van der Waals surface area (Å²) in [7, 11) is 1.57. The van der Waals surface area contributed by atoms with Crippen molar-refractivity contribution < 1.29 is 14.3 Å². The van der Waals surface area contributed by atoms with Gasteiger partial charge in [-0.05, 0) is 33.6 Å². The number of guanidine groups is 1. The molecule has 0 aliphatic rings. The highest BCUT2D eigenvalue weighted by Gasteiger charge is 2.22. The Labute approximate surface area is 119 Å². The van der Waals surface area contributed by atoms with Crippen molar-refractivity contribution in [3.05, 3.63) is 0 Å². The van der Waals surface area contributed by atoms with Gasteiger partial charge in [-0.2, -0.15) is 0 Å². The first-order chi connectivity index (χ1) is 9.15. The number of nitrogens with two attached hydrogens (primary N) is 2. The summed E-state index contributed by atoms with van der Waals surface area (Å²) in [4.78, 5) is 26.6. The van der Waals surface area contributed by atoms with Crippen LogP contribution in [0.15, 0.2) is 4.99 Å². The van der Waals surface area contributed by atoms with Gasteiger partial charge in [0.2, 0.25) is 5.91 Å². The Hall–Kier alpha value is -1.99. The van der Waals surface area contributed by atoms with Crippen LogP contribution in [0.2, 0.25) is 0 Å². The summed E-state index contributed by atoms with van der Waals surface area (Å²) in [5, 5.41) is 5.30. The number of nitrogens with one attached hydrogen (secondary N) is 2. The summed E-state index contributed by atoms with van der Waals surface area (Å²) in [5.74, 6) is -0.284. The standard InChI is InChI=1S/C12H25N5O3/c1-12(2,3)20-11(19)17-8(9(13)18)6-5-7-16-10(14)15-4/h8H,5-7H2,1-4H3,(H2,13,18)(H,17,19)(H3,14,15,16). The highest BCUT2D eigenvalue weighted by molar-refractivity contribution is 5.84. The molecular formula is C12H25N5O3. The fourth-order valence-corrected chi connectivity index (χ4v) is 1.34. The third-order valence-corrected chi connectivity index (χ3v) is 2.25. The van der Waals surface area contributed by atoms with E-state index < -0.39 is 23.6 Å². The lowest BCUT2D eigenvalue weighted by Gasteiger charge is -2.22. The van der Waals surface area contributed by atoms with Crippen molar-refractivity contribution in [3.8, 4) is 0 Å². The molecule has 6 N–H and O–H groups in total. The Morgan fingerprint density at radius 2 is 1.90 bits per heavy atom. The summed E-state index contributed by atoms with van der Waals surface area (Å²) in [6.07, 6.45) is 0.321. The maximum atomic E-state index is 11.6. The molecule has 1 unspecified atom stereocenters. The van der Waals surface area contributed by atoms with E-state index in [4.69, 9.17) is 16.2 Å². The monoisotopic (exact) mass is 287 g/mol. The van der Waals surface area contributed by atoms with Gasteiger partial charge in [0, 0.05) is 13.6 Å². The Balaban J connectivity index is 4.18. The van der Waals surface area contributed by atoms with Crippen LogP contribution in [0.3, 0.4) is 0 Å². The molecule has 0 fully saturated rings. The van der Waals surface area contributed by atoms with Gasteiger partial charge in [0.05, 0.1) is 0 Å². The van der Waals surface area contributed by atoms with Gasteiger partial charge in [0.15, 0.2) is 5.96 Å². The SMILES string of the molecule is CN=C(N)NCCCC(NC(=O)OC(C)(C)C)C(N)=O. The van der Waals surface area contributed by atoms with Crippen LogP contribution in [0, 0.1) is 0 Å². The lowest BCUT2D eigenvalue weighted by atomic mass is 10.1. The summed E-state index contributed by atoms with van der Waals surface area (Å²) < 4.78 is 5.07. The lowest BCUT2D eigenvalue weighted by Crippen LogP contribution is -2.46. The number of rotatable bonds is 6. The molecule has 2 amide bonds. The zero-order chi connectivity index (χ0) is 15.8. The summed E-state index contributed by atoms with van der Waals surface area (Å²) in [6.45, 7) is 5.75. The molecule has 0 heterocycles. The number of nitrogens with zero attached hydrogens (tertiary/aromatic N) is 1. The van der Waals surface area contributed by atoms with Crippen molar-refractivity contribution in [2.45, 2.75) is 45.3 Å². The fraction of sp³-hybridized carbons (Fsp3) is 0.750. The molecule has 116 valence electrons. The van der Waals surface area contributed by atoms with Gasteiger partial charge < -0.3 is 26.8 Å². The van der Waals surface area contributed by atoms with Crippen LogP contribution < -0.4 is 22.1 Å². The largest absolute Gasteiger partial charge is 0.444 e. The molecule has 0 saturated carbocycles. The average Bonchev–Trinajstić information content (AvgIpc) is 2.29. The first kappa shape index (κ1) is 18.0. The van der Waals surface area contributed by atoms with E-state index in [0.717, 1.165) is 0 Å². The minimum Gasteiger partial charge on any atom is -0.444 e. The predicted molar refractivity (Wildman–Crippen MR) is 77.1 cm³/mol. The van der Waals surface area contributed by atoms with Gasteiger partial charge in [0.1, 0.15) is 11.6 Å². The number of hydrogen-bond acceptors (Lipinski definition) is 4. The van der Waals surface area contributed by atoms with Crippen LogP contribution in [0.1, 0.15) is 33.6 Å². The number of amides is 2. The Morgan fingerprint density at radius 1 is 1.30 bits per heavy atom. The van der Waals surface area contributed by atoms with E-state index >= 15 is 0 Å². The molecule has 0 aliphatic heterocycles. The summed E-state index contributed by atoms with van der Waals surface area (Å²) >= 11 is 0. The van der Waals surface area contributed by atoms with Gasteiger partial charge in [-0.25, -0.2) is 4.79 Å². The number of aliphatic imine (C=N–C) groups is 1. The number of hydrogen-bond donors (Lipinski definition) is 4. The van der Waals surface area contributed by atoms with Crippen LogP contribution in [0.5, 0.6) is 0 Å². The number of carbonyl (C=O) groups is 2. The third kappa shape index (κ3) is 9.01. The molecule has 0 aromatic carbocycles. The van der Waals surface area contributed by atoms with Crippen molar-refractivity contribution >= 4 is 18.0 Å². The molecule has 0 saturated heterocycles. The zero-order valence-corrected chi connectivity index (χ0v) is 12.5. The molecule has 8 heteroatoms. The Kier molecular flexibility index (Phi) is 7.42. The number of primary amides is 1. The minimum atomic E-state index is -0.772. The van der Waals surface area contributed by atoms with E-state index in [2.05, 4.69) is 15.6 Å². The third-order valence-electron chi connectivity index (χ3n) is 2.25. The van der Waals surface area contributed by atoms with Crippen molar-refractivity contribution in [2.75, 3.05) is 13.6 Å². The van der Waals surface area contributed by atoms with Gasteiger partial charge in [0.25, 0.3) is 0 Å². The van der Waals surface area contributed by atoms with Crippen LogP contribution in [0.25, 0.3) is 0 Å². The first-order valence-electron chi connectivity index (χ1n) is 6.40. The molecule has 20 heavy (non-hydrogen) atoms. The van der Waals surface area contributed by atoms with Gasteiger partial charge in [-0.3, -0.25) is 9.79 Å². The molecule has 0 bridgehead atoms. The molecule has 0 radical (unpaired) electrons. The van der Waals surface area contributed by atoms with E-state index in [-0.39, 0.29) is 0 Å². The number of ether oxygens (including phenoxy) is 1. The molecule has 8 nitrogen and oxygen atoms in total. The van der Waals surface area contributed by atoms with E-state index in [1.807, 2.05) is 0 Å². The van der Waals surface area contributed by atoms with E-state index in [1.54, 1.807) is 27.8 Å². The molecule has 1 atom stereocenters. The van der Waals surface area contributed by atoms with E-state index in [9.17, 15) is 9.59 Å². The van der Waals surface area contributed by atoms with Crippen LogP contribution in [-0.4, -0.2) is 43.2 Å². The van der Waals surface area contributed by atoms with Gasteiger partial charge in [-0.15, -0.1) is 0 Å². The van der Waals surface area contributed by atoms with Crippen molar-refractivity contribution in [2.24, 2.45) is 16.5 Å². The average molecular weight is 287 g/mol. The quantitative estimate of drug-likeness (QED) is 0.302. The molecule has 0 aromatic heterocycles. The molecule has 0 spiro atoms. The number of carbonyl (C=O) groups excluding carboxylic acids is 2. The lowest BCUT2D eigenvalue weighted by molar-refractivity contribution is -0.120. The predicted octanol–water partition coefficient (Wildman–Crippen LogP) is -0.321. The summed E-state index contributed by atoms with van der Waals surface area (Å²) in [5.41, 5.74) is 10.1. The Bertz CT molecular complexity index is 363. The second-order valence-electron chi connectivity index (χ2n) is 5.28. The first-order valence-corrected chi connectivity index (χ1v) is 6.40. The maximum Gasteiger partial charge on any atom is 0.408 e. The second-order valence-corrected chi connectivity index (χ2v) is 5.28. The normalized spacial score (nSPS) is 13.5. The molecular weight excluding hydrogens is 262 g/mol. The molecule has 0 aromatic rings. The van der Waals surface area contributed by atoms with Crippen LogP contribution in [-0.2, 0) is 9.53 Å². The van der Waals surface area contributed by atoms with Gasteiger partial charge >= 0.3 is 6.09 Å². The molecule has 0 aliphatic carbocycles. The van der Waals surface area contributed by atoms with Crippen LogP contribution in [0.4, 0.5) is 4.79 Å². The Morgan fingerprint density at radius 3 is 2.35 bits per heavy atom. The smallest absolute Gasteiger partial charge is 0.408 e. The van der Waals surface area contributed by atoms with E-state index in [0.29, 0.717) is 25.3 Å². The van der Waals surface area contributed by atoms with Crippen molar-refractivity contribution in [1.82, 2.24) is 10.6 Å². The van der Waals surface area contributed by atoms with Gasteiger partial charge in [-0.1, -0.05) is 0 Å². The summed E-state index contributed by atoms with van der Waals surface area (Å²) in [6, 6.07) is -0.772. The van der Waals surface area contributed by atoms with Crippen LogP contribution >= 0.6 is 0 Å². The minimum absolute atomic E-state index is 0.320. The zero-order valence-electron chi connectivity index (χ0n) is 12.5. The van der Waals surface area contributed by atoms with Crippen molar-refractivity contribution in [3.63, 3.8) is 0 Å².